The van der Waals surface area contributed by atoms with Gasteiger partial charge in [0.05, 0.1) is 9.20 Å². The number of fused-ring (bicyclic) bond motifs is 1. The van der Waals surface area contributed by atoms with Crippen LogP contribution in [0.25, 0.3) is 12.2 Å². The normalized spacial score (nSPS) is 15.3. The molecule has 2 heterocycles. The van der Waals surface area contributed by atoms with Crippen LogP contribution >= 0.6 is 11.3 Å². The molecule has 0 aliphatic carbocycles. The van der Waals surface area contributed by atoms with Crippen molar-refractivity contribution in [1.82, 2.24) is 4.98 Å². The third kappa shape index (κ3) is 3.37. The van der Waals surface area contributed by atoms with Gasteiger partial charge in [-0.15, -0.1) is 11.3 Å². The SMILES string of the molecule is CC(C)(C)C(=O)C=c1[nH]c(=O)c(=Cc2ccc3c(c2)OCO3)s1. The number of hydrogen-bond acceptors (Lipinski definition) is 5. The van der Waals surface area contributed by atoms with E-state index in [1.807, 2.05) is 39.0 Å². The molecule has 23 heavy (non-hydrogen) atoms. The molecule has 0 amide bonds. The molecule has 5 nitrogen and oxygen atoms in total. The van der Waals surface area contributed by atoms with Crippen molar-refractivity contribution in [1.29, 1.82) is 0 Å². The summed E-state index contributed by atoms with van der Waals surface area (Å²) in [7, 11) is 0. The molecule has 0 fully saturated rings. The zero-order valence-corrected chi connectivity index (χ0v) is 14.0. The van der Waals surface area contributed by atoms with Crippen molar-refractivity contribution in [2.45, 2.75) is 20.8 Å². The number of H-pyrrole nitrogens is 1. The molecule has 6 heteroatoms. The van der Waals surface area contributed by atoms with Crippen molar-refractivity contribution in [2.24, 2.45) is 5.41 Å². The van der Waals surface area contributed by atoms with E-state index in [9.17, 15) is 9.59 Å². The van der Waals surface area contributed by atoms with Crippen LogP contribution in [0.3, 0.4) is 0 Å². The van der Waals surface area contributed by atoms with E-state index in [0.717, 1.165) is 5.56 Å². The van der Waals surface area contributed by atoms with Gasteiger partial charge in [-0.05, 0) is 23.8 Å². The highest BCUT2D eigenvalue weighted by atomic mass is 32.1. The van der Waals surface area contributed by atoms with E-state index in [2.05, 4.69) is 4.98 Å². The average Bonchev–Trinajstić information content (AvgIpc) is 3.04. The van der Waals surface area contributed by atoms with Crippen molar-refractivity contribution >= 4 is 29.3 Å². The minimum Gasteiger partial charge on any atom is -0.454 e. The molecule has 0 bridgehead atoms. The van der Waals surface area contributed by atoms with E-state index >= 15 is 0 Å². The molecule has 1 aromatic carbocycles. The van der Waals surface area contributed by atoms with Gasteiger partial charge in [-0.2, -0.15) is 0 Å². The van der Waals surface area contributed by atoms with E-state index in [-0.39, 0.29) is 18.1 Å². The molecule has 1 aromatic heterocycles. The topological polar surface area (TPSA) is 68.4 Å². The monoisotopic (exact) mass is 331 g/mol. The van der Waals surface area contributed by atoms with Crippen LogP contribution in [-0.2, 0) is 4.79 Å². The first-order valence-electron chi connectivity index (χ1n) is 7.19. The number of rotatable bonds is 2. The lowest BCUT2D eigenvalue weighted by atomic mass is 9.91. The largest absolute Gasteiger partial charge is 0.454 e. The zero-order valence-electron chi connectivity index (χ0n) is 13.1. The maximum atomic E-state index is 12.0. The van der Waals surface area contributed by atoms with Crippen LogP contribution < -0.4 is 24.2 Å². The van der Waals surface area contributed by atoms with Gasteiger partial charge in [0.25, 0.3) is 5.56 Å². The molecule has 120 valence electrons. The summed E-state index contributed by atoms with van der Waals surface area (Å²) in [5.74, 6) is 1.35. The van der Waals surface area contributed by atoms with Gasteiger partial charge in [-0.1, -0.05) is 26.8 Å². The number of benzene rings is 1. The third-order valence-corrected chi connectivity index (χ3v) is 4.34. The second-order valence-electron chi connectivity index (χ2n) is 6.30. The predicted molar refractivity (Wildman–Crippen MR) is 89.2 cm³/mol. The molecule has 0 atom stereocenters. The predicted octanol–water partition coefficient (Wildman–Crippen LogP) is 1.39. The van der Waals surface area contributed by atoms with Crippen LogP contribution in [-0.4, -0.2) is 17.6 Å². The summed E-state index contributed by atoms with van der Waals surface area (Å²) in [6.45, 7) is 5.75. The highest BCUT2D eigenvalue weighted by Crippen LogP contribution is 2.32. The Labute approximate surface area is 136 Å². The summed E-state index contributed by atoms with van der Waals surface area (Å²) in [5.41, 5.74) is 0.165. The molecule has 0 saturated heterocycles. The Morgan fingerprint density at radius 1 is 1.26 bits per heavy atom. The highest BCUT2D eigenvalue weighted by Gasteiger charge is 2.18. The first kappa shape index (κ1) is 15.6. The first-order chi connectivity index (χ1) is 10.8. The van der Waals surface area contributed by atoms with Crippen molar-refractivity contribution in [3.8, 4) is 11.5 Å². The summed E-state index contributed by atoms with van der Waals surface area (Å²) >= 11 is 1.26. The van der Waals surface area contributed by atoms with Gasteiger partial charge in [-0.3, -0.25) is 9.59 Å². The Balaban J connectivity index is 2.00. The molecule has 0 radical (unpaired) electrons. The van der Waals surface area contributed by atoms with Crippen LogP contribution in [0, 0.1) is 5.41 Å². The molecule has 2 aromatic rings. The van der Waals surface area contributed by atoms with Gasteiger partial charge >= 0.3 is 0 Å². The fourth-order valence-electron chi connectivity index (χ4n) is 2.01. The molecule has 3 rings (SSSR count). The molecule has 1 N–H and O–H groups in total. The zero-order chi connectivity index (χ0) is 16.6. The van der Waals surface area contributed by atoms with Crippen molar-refractivity contribution < 1.29 is 14.3 Å². The lowest BCUT2D eigenvalue weighted by Crippen LogP contribution is -2.22. The van der Waals surface area contributed by atoms with Crippen LogP contribution in [0.5, 0.6) is 11.5 Å². The third-order valence-electron chi connectivity index (χ3n) is 3.38. The van der Waals surface area contributed by atoms with E-state index in [1.165, 1.54) is 17.4 Å². The van der Waals surface area contributed by atoms with E-state index in [0.29, 0.717) is 20.7 Å². The Morgan fingerprint density at radius 3 is 2.74 bits per heavy atom. The number of thiazole rings is 1. The summed E-state index contributed by atoms with van der Waals surface area (Å²) in [6.07, 6.45) is 3.26. The van der Waals surface area contributed by atoms with Gasteiger partial charge in [0.1, 0.15) is 0 Å². The lowest BCUT2D eigenvalue weighted by molar-refractivity contribution is -0.119. The fourth-order valence-corrected chi connectivity index (χ4v) is 2.90. The van der Waals surface area contributed by atoms with Crippen LogP contribution in [0.1, 0.15) is 26.3 Å². The van der Waals surface area contributed by atoms with Crippen molar-refractivity contribution in [3.63, 3.8) is 0 Å². The molecular formula is C17H17NO4S. The van der Waals surface area contributed by atoms with Gasteiger partial charge in [0, 0.05) is 11.5 Å². The van der Waals surface area contributed by atoms with E-state index in [1.54, 1.807) is 6.08 Å². The number of carbonyl (C=O) groups is 1. The summed E-state index contributed by atoms with van der Waals surface area (Å²) in [5, 5.41) is 0. The van der Waals surface area contributed by atoms with Gasteiger partial charge < -0.3 is 14.5 Å². The maximum Gasteiger partial charge on any atom is 0.266 e. The molecule has 0 spiro atoms. The summed E-state index contributed by atoms with van der Waals surface area (Å²) in [6, 6.07) is 5.49. The van der Waals surface area contributed by atoms with Gasteiger partial charge in [0.15, 0.2) is 17.3 Å². The van der Waals surface area contributed by atoms with Gasteiger partial charge in [-0.25, -0.2) is 0 Å². The lowest BCUT2D eigenvalue weighted by Gasteiger charge is -2.12. The minimum absolute atomic E-state index is 0.0235. The van der Waals surface area contributed by atoms with Gasteiger partial charge in [0.2, 0.25) is 6.79 Å². The smallest absolute Gasteiger partial charge is 0.266 e. The quantitative estimate of drug-likeness (QED) is 0.903. The Kier molecular flexibility index (Phi) is 3.85. The molecule has 1 aliphatic rings. The first-order valence-corrected chi connectivity index (χ1v) is 8.01. The standard InChI is InChI=1S/C17H17NO4S/c1-17(2,3)14(19)8-15-18-16(20)13(23-15)7-10-4-5-11-12(6-10)22-9-21-11/h4-8H,9H2,1-3H3,(H,18,20). The van der Waals surface area contributed by atoms with Crippen LogP contribution in [0.15, 0.2) is 23.0 Å². The molecule has 1 aliphatic heterocycles. The highest BCUT2D eigenvalue weighted by molar-refractivity contribution is 7.07. The Hall–Kier alpha value is -2.34. The Bertz CT molecular complexity index is 931. The average molecular weight is 331 g/mol. The Morgan fingerprint density at radius 2 is 2.00 bits per heavy atom. The maximum absolute atomic E-state index is 12.0. The van der Waals surface area contributed by atoms with Crippen molar-refractivity contribution in [3.05, 3.63) is 43.3 Å². The second-order valence-corrected chi connectivity index (χ2v) is 7.38. The number of ether oxygens (including phenoxy) is 2. The molecular weight excluding hydrogens is 314 g/mol. The summed E-state index contributed by atoms with van der Waals surface area (Å²) in [4.78, 5) is 26.8. The van der Waals surface area contributed by atoms with Crippen molar-refractivity contribution in [2.75, 3.05) is 6.79 Å². The van der Waals surface area contributed by atoms with Crippen LogP contribution in [0.4, 0.5) is 0 Å². The number of carbonyl (C=O) groups excluding carboxylic acids is 1. The van der Waals surface area contributed by atoms with E-state index < -0.39 is 5.41 Å². The van der Waals surface area contributed by atoms with Crippen LogP contribution in [0.2, 0.25) is 0 Å². The fraction of sp³-hybridized carbons (Fsp3) is 0.294. The number of aromatic nitrogens is 1. The molecule has 0 saturated carbocycles. The van der Waals surface area contributed by atoms with E-state index in [4.69, 9.17) is 9.47 Å². The number of Topliss-reactive ketones (excluding diaryl/α,β-unsaturated/α-hetero) is 1. The minimum atomic E-state index is -0.470. The number of aromatic amines is 1. The number of hydrogen-bond donors (Lipinski definition) is 1. The number of ketones is 1. The number of nitrogens with one attached hydrogen (secondary N) is 1. The second kappa shape index (κ2) is 5.70. The molecule has 0 unspecified atom stereocenters. The summed E-state index contributed by atoms with van der Waals surface area (Å²) < 4.78 is 11.7.